The highest BCUT2D eigenvalue weighted by Crippen LogP contribution is 2.50. The molecule has 1 aliphatic rings. The molecule has 1 unspecified atom stereocenters. The Morgan fingerprint density at radius 3 is 2.49 bits per heavy atom. The van der Waals surface area contributed by atoms with Crippen LogP contribution in [0.3, 0.4) is 0 Å². The minimum Gasteiger partial charge on any atom is -0.463 e. The summed E-state index contributed by atoms with van der Waals surface area (Å²) in [5.74, 6) is -2.29. The summed E-state index contributed by atoms with van der Waals surface area (Å²) >= 11 is 0. The predicted molar refractivity (Wildman–Crippen MR) is 166 cm³/mol. The number of aromatic amines is 1. The number of aryl methyl sites for hydroxylation is 1. The number of benzene rings is 1. The summed E-state index contributed by atoms with van der Waals surface area (Å²) in [5.41, 5.74) is 6.11. The third kappa shape index (κ3) is 9.99. The molecule has 18 heteroatoms. The molecule has 0 amide bonds. The van der Waals surface area contributed by atoms with Crippen molar-refractivity contribution in [3.05, 3.63) is 73.4 Å². The van der Waals surface area contributed by atoms with Gasteiger partial charge in [0.15, 0.2) is 12.4 Å². The minimum absolute atomic E-state index is 0.0156. The van der Waals surface area contributed by atoms with Gasteiger partial charge in [-0.15, -0.1) is 0 Å². The molecule has 258 valence electrons. The molecule has 2 aromatic rings. The number of aromatic nitrogens is 2. The number of para-hydroxylation sites is 1. The van der Waals surface area contributed by atoms with Gasteiger partial charge in [-0.2, -0.15) is 5.09 Å². The maximum atomic E-state index is 15.8. The Bertz CT molecular complexity index is 1630. The van der Waals surface area contributed by atoms with Crippen molar-refractivity contribution in [2.24, 2.45) is 11.0 Å². The first-order valence-electron chi connectivity index (χ1n) is 14.9. The van der Waals surface area contributed by atoms with E-state index >= 15 is 4.39 Å². The zero-order valence-electron chi connectivity index (χ0n) is 27.0. The Kier molecular flexibility index (Phi) is 12.9. The molecule has 2 heterocycles. The largest absolute Gasteiger partial charge is 0.463 e. The summed E-state index contributed by atoms with van der Waals surface area (Å²) in [6.45, 7) is 8.27. The van der Waals surface area contributed by atoms with E-state index in [0.717, 1.165) is 16.8 Å². The molecule has 1 aliphatic heterocycles. The molecule has 1 aromatic carbocycles. The zero-order chi connectivity index (χ0) is 34.9. The standard InChI is InChI=1S/C29H40FN6O10P/c1-17(2)43-24(38)12-11-21-9-7-8-10-22(21)46-47(41,34-20(6)27(39)44-18(3)4)42-16-29(15-32-35-31)19(5)25(30)26(45-29)36-14-13-23(37)33-28(36)40/h7-10,13-14,17-20,25-26H,11-12,15-16H2,1-6H3,(H,34,41)(H,33,37,40)/t19-,20-,25+,26+,29+,47?/m0/s1. The molecule has 2 N–H and O–H groups in total. The van der Waals surface area contributed by atoms with Gasteiger partial charge in [-0.25, -0.2) is 13.8 Å². The van der Waals surface area contributed by atoms with Crippen LogP contribution in [-0.4, -0.2) is 64.7 Å². The highest BCUT2D eigenvalue weighted by molar-refractivity contribution is 7.52. The lowest BCUT2D eigenvalue weighted by atomic mass is 9.88. The van der Waals surface area contributed by atoms with E-state index in [1.54, 1.807) is 45.9 Å². The molecule has 0 bridgehead atoms. The van der Waals surface area contributed by atoms with Crippen molar-refractivity contribution < 1.29 is 41.8 Å². The van der Waals surface area contributed by atoms with Crippen LogP contribution >= 0.6 is 7.75 Å². The Labute approximate surface area is 270 Å². The van der Waals surface area contributed by atoms with Crippen LogP contribution in [0.25, 0.3) is 10.4 Å². The van der Waals surface area contributed by atoms with E-state index in [1.165, 1.54) is 19.9 Å². The van der Waals surface area contributed by atoms with Crippen molar-refractivity contribution >= 4 is 19.7 Å². The second kappa shape index (κ2) is 16.2. The number of azide groups is 1. The van der Waals surface area contributed by atoms with E-state index in [4.69, 9.17) is 28.8 Å². The van der Waals surface area contributed by atoms with Gasteiger partial charge in [0, 0.05) is 29.5 Å². The van der Waals surface area contributed by atoms with Crippen LogP contribution in [0, 0.1) is 5.92 Å². The van der Waals surface area contributed by atoms with E-state index in [1.807, 2.05) is 4.98 Å². The quantitative estimate of drug-likeness (QED) is 0.0845. The summed E-state index contributed by atoms with van der Waals surface area (Å²) in [6.07, 6.45) is -3.08. The van der Waals surface area contributed by atoms with E-state index in [9.17, 15) is 23.7 Å². The zero-order valence-corrected chi connectivity index (χ0v) is 27.8. The van der Waals surface area contributed by atoms with Gasteiger partial charge >= 0.3 is 25.4 Å². The average molecular weight is 683 g/mol. The Balaban J connectivity index is 1.97. The van der Waals surface area contributed by atoms with Crippen molar-refractivity contribution in [1.82, 2.24) is 14.6 Å². The number of carbonyl (C=O) groups is 2. The monoisotopic (exact) mass is 682 g/mol. The number of rotatable bonds is 16. The summed E-state index contributed by atoms with van der Waals surface area (Å²) in [5, 5.41) is 6.10. The molecule has 1 saturated heterocycles. The highest BCUT2D eigenvalue weighted by Gasteiger charge is 2.55. The van der Waals surface area contributed by atoms with E-state index in [0.29, 0.717) is 5.56 Å². The molecule has 3 rings (SSSR count). The smallest absolute Gasteiger partial charge is 0.459 e. The van der Waals surface area contributed by atoms with E-state index < -0.39 is 80.2 Å². The number of ether oxygens (including phenoxy) is 3. The van der Waals surface area contributed by atoms with Crippen molar-refractivity contribution in [3.63, 3.8) is 0 Å². The number of esters is 2. The number of carbonyl (C=O) groups excluding carboxylic acids is 2. The molecule has 0 radical (unpaired) electrons. The summed E-state index contributed by atoms with van der Waals surface area (Å²) in [7, 11) is -4.59. The average Bonchev–Trinajstić information content (AvgIpc) is 3.23. The fourth-order valence-corrected chi connectivity index (χ4v) is 6.31. The van der Waals surface area contributed by atoms with Crippen LogP contribution in [0.1, 0.15) is 59.8 Å². The Morgan fingerprint density at radius 2 is 1.85 bits per heavy atom. The fourth-order valence-electron chi connectivity index (χ4n) is 4.73. The van der Waals surface area contributed by atoms with Crippen molar-refractivity contribution in [1.29, 1.82) is 0 Å². The number of nitrogens with one attached hydrogen (secondary N) is 2. The van der Waals surface area contributed by atoms with Gasteiger partial charge in [0.1, 0.15) is 17.4 Å². The molecular formula is C29H40FN6O10P. The first kappa shape index (κ1) is 37.4. The topological polar surface area (TPSA) is 213 Å². The van der Waals surface area contributed by atoms with Gasteiger partial charge in [-0.05, 0) is 58.2 Å². The number of H-pyrrole nitrogens is 1. The number of alkyl halides is 1. The van der Waals surface area contributed by atoms with Gasteiger partial charge in [0.25, 0.3) is 5.56 Å². The number of hydrogen-bond donors (Lipinski definition) is 2. The van der Waals surface area contributed by atoms with Gasteiger partial charge in [-0.3, -0.25) is 28.5 Å². The summed E-state index contributed by atoms with van der Waals surface area (Å²) < 4.78 is 59.2. The van der Waals surface area contributed by atoms with Crippen LogP contribution < -0.4 is 20.9 Å². The van der Waals surface area contributed by atoms with Crippen LogP contribution in [0.4, 0.5) is 4.39 Å². The summed E-state index contributed by atoms with van der Waals surface area (Å²) in [4.78, 5) is 53.7. The molecule has 1 fully saturated rings. The Hall–Kier alpha value is -4.01. The SMILES string of the molecule is CC(C)OC(=O)CCc1ccccc1OP(=O)(N[C@@H](C)C(=O)OC(C)C)OC[C@@]1(CN=[N+]=[N-])O[C@@H](n2ccc(=O)[nH]c2=O)[C@H](F)[C@@H]1C. The maximum absolute atomic E-state index is 15.8. The van der Waals surface area contributed by atoms with Gasteiger partial charge in [0.2, 0.25) is 0 Å². The van der Waals surface area contributed by atoms with Crippen LogP contribution in [0.5, 0.6) is 5.75 Å². The molecule has 6 atom stereocenters. The normalized spacial score (nSPS) is 22.7. The predicted octanol–water partition coefficient (Wildman–Crippen LogP) is 4.11. The lowest BCUT2D eigenvalue weighted by Gasteiger charge is -2.33. The summed E-state index contributed by atoms with van der Waals surface area (Å²) in [6, 6.07) is 6.18. The Morgan fingerprint density at radius 1 is 1.17 bits per heavy atom. The lowest BCUT2D eigenvalue weighted by Crippen LogP contribution is -2.45. The second-order valence-electron chi connectivity index (χ2n) is 11.6. The van der Waals surface area contributed by atoms with E-state index in [-0.39, 0.29) is 24.7 Å². The second-order valence-corrected chi connectivity index (χ2v) is 13.3. The first-order chi connectivity index (χ1) is 22.1. The van der Waals surface area contributed by atoms with Crippen molar-refractivity contribution in [2.75, 3.05) is 13.2 Å². The fraction of sp³-hybridized carbons (Fsp3) is 0.586. The molecule has 1 aromatic heterocycles. The highest BCUT2D eigenvalue weighted by atomic mass is 31.2. The molecular weight excluding hydrogens is 642 g/mol. The minimum atomic E-state index is -4.59. The van der Waals surface area contributed by atoms with Crippen LogP contribution in [0.15, 0.2) is 51.2 Å². The number of halogens is 1. The third-order valence-electron chi connectivity index (χ3n) is 7.16. The van der Waals surface area contributed by atoms with Crippen LogP contribution in [0.2, 0.25) is 0 Å². The molecule has 16 nitrogen and oxygen atoms in total. The molecule has 0 saturated carbocycles. The lowest BCUT2D eigenvalue weighted by molar-refractivity contribution is -0.149. The third-order valence-corrected chi connectivity index (χ3v) is 8.76. The maximum Gasteiger partial charge on any atom is 0.459 e. The van der Waals surface area contributed by atoms with E-state index in [2.05, 4.69) is 15.1 Å². The first-order valence-corrected chi connectivity index (χ1v) is 16.5. The van der Waals surface area contributed by atoms with Crippen molar-refractivity contribution in [2.45, 2.75) is 90.6 Å². The molecule has 47 heavy (non-hydrogen) atoms. The molecule has 0 aliphatic carbocycles. The van der Waals surface area contributed by atoms with Gasteiger partial charge < -0.3 is 18.7 Å². The van der Waals surface area contributed by atoms with Crippen molar-refractivity contribution in [3.8, 4) is 5.75 Å². The number of nitrogens with zero attached hydrogens (tertiary/aromatic N) is 4. The van der Waals surface area contributed by atoms with Crippen LogP contribution in [-0.2, 0) is 39.3 Å². The van der Waals surface area contributed by atoms with Gasteiger partial charge in [0.05, 0.1) is 25.4 Å². The molecule has 0 spiro atoms. The number of hydrogen-bond acceptors (Lipinski definition) is 11. The van der Waals surface area contributed by atoms with Gasteiger partial charge in [-0.1, -0.05) is 30.2 Å².